The molecule has 4 nitrogen and oxygen atoms in total. The molecule has 120 valence electrons. The number of sulfone groups is 1. The second-order valence-electron chi connectivity index (χ2n) is 4.78. The van der Waals surface area contributed by atoms with E-state index in [0.29, 0.717) is 5.56 Å². The average molecular weight is 325 g/mol. The summed E-state index contributed by atoms with van der Waals surface area (Å²) in [7, 11) is -3.29. The van der Waals surface area contributed by atoms with Crippen molar-refractivity contribution in [3.8, 4) is 0 Å². The number of rotatable bonds is 7. The van der Waals surface area contributed by atoms with Gasteiger partial charge in [0.05, 0.1) is 11.0 Å². The van der Waals surface area contributed by atoms with Gasteiger partial charge in [0.1, 0.15) is 0 Å². The van der Waals surface area contributed by atoms with Crippen LogP contribution in [0.5, 0.6) is 0 Å². The molecule has 0 saturated heterocycles. The van der Waals surface area contributed by atoms with Crippen molar-refractivity contribution in [2.45, 2.75) is 30.0 Å². The van der Waals surface area contributed by atoms with E-state index in [9.17, 15) is 26.7 Å². The monoisotopic (exact) mass is 325 g/mol. The van der Waals surface area contributed by atoms with Crippen LogP contribution in [-0.2, 0) is 9.84 Å². The maximum atomic E-state index is 11.9. The van der Waals surface area contributed by atoms with Crippen molar-refractivity contribution in [2.75, 3.05) is 19.3 Å². The van der Waals surface area contributed by atoms with Crippen LogP contribution in [0.25, 0.3) is 0 Å². The average Bonchev–Trinajstić information content (AvgIpc) is 2.36. The number of hydrogen-bond donors (Lipinski definition) is 2. The second kappa shape index (κ2) is 7.24. The van der Waals surface area contributed by atoms with Crippen LogP contribution in [0.1, 0.15) is 24.5 Å². The van der Waals surface area contributed by atoms with Crippen molar-refractivity contribution in [1.82, 2.24) is 5.32 Å². The van der Waals surface area contributed by atoms with Gasteiger partial charge in [-0.25, -0.2) is 8.42 Å². The lowest BCUT2D eigenvalue weighted by molar-refractivity contribution is -0.135. The Kier molecular flexibility index (Phi) is 6.18. The van der Waals surface area contributed by atoms with Crippen molar-refractivity contribution in [3.63, 3.8) is 0 Å². The van der Waals surface area contributed by atoms with E-state index in [1.165, 1.54) is 24.3 Å². The molecule has 8 heteroatoms. The first-order valence-corrected chi connectivity index (χ1v) is 8.24. The molecule has 0 aliphatic heterocycles. The van der Waals surface area contributed by atoms with Crippen LogP contribution in [0.15, 0.2) is 29.2 Å². The van der Waals surface area contributed by atoms with Gasteiger partial charge in [-0.2, -0.15) is 13.2 Å². The molecule has 1 atom stereocenters. The molecule has 0 radical (unpaired) electrons. The SMILES string of the molecule is CS(=O)(=O)c1ccc(C(O)CNCCCC(F)(F)F)cc1. The molecule has 0 saturated carbocycles. The predicted octanol–water partition coefficient (Wildman–Crippen LogP) is 2.06. The van der Waals surface area contributed by atoms with Crippen molar-refractivity contribution in [3.05, 3.63) is 29.8 Å². The minimum absolute atomic E-state index is 0.0523. The molecule has 1 rings (SSSR count). The molecule has 0 aliphatic carbocycles. The molecule has 0 amide bonds. The van der Waals surface area contributed by atoms with Crippen LogP contribution in [0.4, 0.5) is 13.2 Å². The van der Waals surface area contributed by atoms with Crippen LogP contribution in [-0.4, -0.2) is 39.0 Å². The van der Waals surface area contributed by atoms with Gasteiger partial charge in [-0.15, -0.1) is 0 Å². The number of benzene rings is 1. The number of aliphatic hydroxyl groups excluding tert-OH is 1. The van der Waals surface area contributed by atoms with Gasteiger partial charge >= 0.3 is 6.18 Å². The minimum atomic E-state index is -4.16. The van der Waals surface area contributed by atoms with E-state index in [1.807, 2.05) is 0 Å². The Morgan fingerprint density at radius 3 is 2.29 bits per heavy atom. The van der Waals surface area contributed by atoms with Gasteiger partial charge in [-0.05, 0) is 30.7 Å². The van der Waals surface area contributed by atoms with E-state index in [2.05, 4.69) is 5.32 Å². The molecule has 0 bridgehead atoms. The summed E-state index contributed by atoms with van der Waals surface area (Å²) in [5.41, 5.74) is 0.505. The van der Waals surface area contributed by atoms with E-state index in [0.717, 1.165) is 6.26 Å². The first-order valence-electron chi connectivity index (χ1n) is 6.35. The quantitative estimate of drug-likeness (QED) is 0.753. The number of hydrogen-bond acceptors (Lipinski definition) is 4. The highest BCUT2D eigenvalue weighted by Crippen LogP contribution is 2.21. The van der Waals surface area contributed by atoms with Gasteiger partial charge in [0.2, 0.25) is 0 Å². The van der Waals surface area contributed by atoms with Gasteiger partial charge < -0.3 is 10.4 Å². The first kappa shape index (κ1) is 17.9. The van der Waals surface area contributed by atoms with E-state index in [4.69, 9.17) is 0 Å². The Labute approximate surface area is 121 Å². The third kappa shape index (κ3) is 6.92. The maximum Gasteiger partial charge on any atom is 0.389 e. The smallest absolute Gasteiger partial charge is 0.387 e. The Bertz CT molecular complexity index is 541. The van der Waals surface area contributed by atoms with Crippen molar-refractivity contribution >= 4 is 9.84 Å². The Balaban J connectivity index is 2.41. The lowest BCUT2D eigenvalue weighted by Gasteiger charge is -2.13. The fourth-order valence-corrected chi connectivity index (χ4v) is 2.34. The normalized spacial score (nSPS) is 14.1. The molecule has 0 fully saturated rings. The fraction of sp³-hybridized carbons (Fsp3) is 0.538. The summed E-state index contributed by atoms with van der Waals surface area (Å²) < 4.78 is 58.3. The zero-order valence-corrected chi connectivity index (χ0v) is 12.3. The summed E-state index contributed by atoms with van der Waals surface area (Å²) in [6.45, 7) is 0.258. The number of alkyl halides is 3. The third-order valence-electron chi connectivity index (χ3n) is 2.84. The summed E-state index contributed by atoms with van der Waals surface area (Å²) in [6, 6.07) is 5.74. The van der Waals surface area contributed by atoms with Crippen molar-refractivity contribution in [2.24, 2.45) is 0 Å². The van der Waals surface area contributed by atoms with E-state index >= 15 is 0 Å². The summed E-state index contributed by atoms with van der Waals surface area (Å²) in [5, 5.41) is 12.6. The topological polar surface area (TPSA) is 66.4 Å². The van der Waals surface area contributed by atoms with Crippen LogP contribution in [0, 0.1) is 0 Å². The summed E-state index contributed by atoms with van der Waals surface area (Å²) >= 11 is 0. The molecule has 1 unspecified atom stereocenters. The highest BCUT2D eigenvalue weighted by molar-refractivity contribution is 7.90. The second-order valence-corrected chi connectivity index (χ2v) is 6.80. The molecule has 0 aromatic heterocycles. The number of aliphatic hydroxyl groups is 1. The molecule has 1 aromatic carbocycles. The van der Waals surface area contributed by atoms with Crippen LogP contribution < -0.4 is 5.32 Å². The molecule has 1 aromatic rings. The Hall–Kier alpha value is -1.12. The maximum absolute atomic E-state index is 11.9. The standard InChI is InChI=1S/C13H18F3NO3S/c1-21(19,20)11-5-3-10(4-6-11)12(18)9-17-8-2-7-13(14,15)16/h3-6,12,17-18H,2,7-9H2,1H3. The van der Waals surface area contributed by atoms with E-state index in [-0.39, 0.29) is 24.4 Å². The molecular formula is C13H18F3NO3S. The van der Waals surface area contributed by atoms with Gasteiger partial charge in [-0.1, -0.05) is 12.1 Å². The van der Waals surface area contributed by atoms with Gasteiger partial charge in [0.25, 0.3) is 0 Å². The molecule has 0 heterocycles. The molecular weight excluding hydrogens is 307 g/mol. The van der Waals surface area contributed by atoms with Crippen LogP contribution in [0.3, 0.4) is 0 Å². The lowest BCUT2D eigenvalue weighted by atomic mass is 10.1. The molecule has 2 N–H and O–H groups in total. The fourth-order valence-electron chi connectivity index (χ4n) is 1.71. The highest BCUT2D eigenvalue weighted by atomic mass is 32.2. The highest BCUT2D eigenvalue weighted by Gasteiger charge is 2.25. The van der Waals surface area contributed by atoms with Gasteiger partial charge in [0.15, 0.2) is 9.84 Å². The molecule has 21 heavy (non-hydrogen) atoms. The van der Waals surface area contributed by atoms with E-state index in [1.54, 1.807) is 0 Å². The summed E-state index contributed by atoms with van der Waals surface area (Å²) in [5.74, 6) is 0. The van der Waals surface area contributed by atoms with Gasteiger partial charge in [0, 0.05) is 19.2 Å². The predicted molar refractivity (Wildman–Crippen MR) is 72.7 cm³/mol. The number of nitrogens with one attached hydrogen (secondary N) is 1. The third-order valence-corrected chi connectivity index (χ3v) is 3.97. The van der Waals surface area contributed by atoms with E-state index < -0.39 is 28.5 Å². The molecule has 0 aliphatic rings. The van der Waals surface area contributed by atoms with Crippen LogP contribution >= 0.6 is 0 Å². The van der Waals surface area contributed by atoms with Crippen LogP contribution in [0.2, 0.25) is 0 Å². The van der Waals surface area contributed by atoms with Crippen molar-refractivity contribution < 1.29 is 26.7 Å². The molecule has 0 spiro atoms. The Morgan fingerprint density at radius 1 is 1.24 bits per heavy atom. The minimum Gasteiger partial charge on any atom is -0.387 e. The first-order chi connectivity index (χ1) is 9.59. The van der Waals surface area contributed by atoms with Gasteiger partial charge in [-0.3, -0.25) is 0 Å². The summed E-state index contributed by atoms with van der Waals surface area (Å²) in [4.78, 5) is 0.150. The zero-order chi connectivity index (χ0) is 16.1. The largest absolute Gasteiger partial charge is 0.389 e. The lowest BCUT2D eigenvalue weighted by Crippen LogP contribution is -2.23. The Morgan fingerprint density at radius 2 is 1.81 bits per heavy atom. The van der Waals surface area contributed by atoms with Crippen molar-refractivity contribution in [1.29, 1.82) is 0 Å². The summed E-state index contributed by atoms with van der Waals surface area (Å²) in [6.07, 6.45) is -4.89. The number of halogens is 3. The zero-order valence-electron chi connectivity index (χ0n) is 11.5.